The van der Waals surface area contributed by atoms with Gasteiger partial charge in [-0.3, -0.25) is 9.59 Å². The minimum atomic E-state index is -0.154. The van der Waals surface area contributed by atoms with Crippen molar-refractivity contribution in [2.75, 3.05) is 26.2 Å². The van der Waals surface area contributed by atoms with E-state index >= 15 is 0 Å². The summed E-state index contributed by atoms with van der Waals surface area (Å²) in [7, 11) is 0. The molecule has 6 heteroatoms. The average molecular weight is 356 g/mol. The van der Waals surface area contributed by atoms with E-state index in [1.807, 2.05) is 4.90 Å². The molecule has 0 aromatic carbocycles. The van der Waals surface area contributed by atoms with E-state index < -0.39 is 0 Å². The molecule has 2 aliphatic heterocycles. The Kier molecular flexibility index (Phi) is 5.40. The number of carbonyl (C=O) groups excluding carboxylic acids is 2. The molecule has 4 fully saturated rings. The molecule has 5 nitrogen and oxygen atoms in total. The predicted octanol–water partition coefficient (Wildman–Crippen LogP) is 1.71. The van der Waals surface area contributed by atoms with Crippen molar-refractivity contribution in [3.8, 4) is 0 Å². The number of rotatable bonds is 3. The smallest absolute Gasteiger partial charge is 0.228 e. The van der Waals surface area contributed by atoms with Gasteiger partial charge in [0.05, 0.1) is 5.41 Å². The highest BCUT2D eigenvalue weighted by Crippen LogP contribution is 2.44. The SMILES string of the molecule is Cl.O=C(C1CC1)N1CCC(NC(=O)[C@@]23CCCC[C@H]2CNC3)CC1. The number of piperidine rings is 1. The Hall–Kier alpha value is -0.810. The summed E-state index contributed by atoms with van der Waals surface area (Å²) in [5.41, 5.74) is -0.154. The van der Waals surface area contributed by atoms with Crippen LogP contribution in [-0.4, -0.2) is 48.9 Å². The van der Waals surface area contributed by atoms with Crippen LogP contribution in [0.4, 0.5) is 0 Å². The zero-order valence-corrected chi connectivity index (χ0v) is 15.2. The number of nitrogens with one attached hydrogen (secondary N) is 2. The van der Waals surface area contributed by atoms with Gasteiger partial charge in [0.15, 0.2) is 0 Å². The number of hydrogen-bond acceptors (Lipinski definition) is 3. The molecule has 0 aromatic rings. The van der Waals surface area contributed by atoms with E-state index in [0.717, 1.165) is 58.3 Å². The Morgan fingerprint density at radius 2 is 1.79 bits per heavy atom. The van der Waals surface area contributed by atoms with Gasteiger partial charge in [0, 0.05) is 31.6 Å². The first kappa shape index (κ1) is 18.0. The summed E-state index contributed by atoms with van der Waals surface area (Å²) in [6, 6.07) is 0.253. The lowest BCUT2D eigenvalue weighted by atomic mass is 9.67. The molecule has 2 heterocycles. The summed E-state index contributed by atoms with van der Waals surface area (Å²) in [5.74, 6) is 1.46. The monoisotopic (exact) mass is 355 g/mol. The molecule has 0 bridgehead atoms. The largest absolute Gasteiger partial charge is 0.353 e. The second-order valence-electron chi connectivity index (χ2n) is 8.08. The van der Waals surface area contributed by atoms with E-state index in [1.54, 1.807) is 0 Å². The molecule has 4 aliphatic rings. The maximum absolute atomic E-state index is 13.0. The summed E-state index contributed by atoms with van der Waals surface area (Å²) in [4.78, 5) is 27.1. The van der Waals surface area contributed by atoms with Gasteiger partial charge >= 0.3 is 0 Å². The van der Waals surface area contributed by atoms with E-state index in [2.05, 4.69) is 10.6 Å². The summed E-state index contributed by atoms with van der Waals surface area (Å²) < 4.78 is 0. The van der Waals surface area contributed by atoms with Crippen molar-refractivity contribution in [1.82, 2.24) is 15.5 Å². The van der Waals surface area contributed by atoms with Crippen LogP contribution in [0.2, 0.25) is 0 Å². The first-order valence-corrected chi connectivity index (χ1v) is 9.49. The Morgan fingerprint density at radius 1 is 1.04 bits per heavy atom. The highest BCUT2D eigenvalue weighted by molar-refractivity contribution is 5.85. The van der Waals surface area contributed by atoms with Gasteiger partial charge in [0.2, 0.25) is 11.8 Å². The molecule has 0 unspecified atom stereocenters. The lowest BCUT2D eigenvalue weighted by Gasteiger charge is -2.39. The molecule has 136 valence electrons. The number of nitrogens with zero attached hydrogens (tertiary/aromatic N) is 1. The van der Waals surface area contributed by atoms with Gasteiger partial charge in [0.1, 0.15) is 0 Å². The average Bonchev–Trinajstić information content (AvgIpc) is 3.33. The van der Waals surface area contributed by atoms with E-state index in [0.29, 0.717) is 17.7 Å². The van der Waals surface area contributed by atoms with Gasteiger partial charge in [-0.2, -0.15) is 0 Å². The standard InChI is InChI=1S/C18H29N3O2.ClH/c22-16(13-4-5-13)21-9-6-15(7-10-21)20-17(23)18-8-2-1-3-14(18)11-19-12-18;/h13-15,19H,1-12H2,(H,20,23);1H/t14-,18+;/m0./s1. The molecule has 2 amide bonds. The van der Waals surface area contributed by atoms with Gasteiger partial charge in [-0.15, -0.1) is 12.4 Å². The number of fused-ring (bicyclic) bond motifs is 1. The molecule has 2 saturated heterocycles. The summed E-state index contributed by atoms with van der Waals surface area (Å²) in [5, 5.41) is 6.79. The van der Waals surface area contributed by atoms with Crippen molar-refractivity contribution in [3.63, 3.8) is 0 Å². The van der Waals surface area contributed by atoms with Crippen molar-refractivity contribution >= 4 is 24.2 Å². The maximum atomic E-state index is 13.0. The molecule has 4 rings (SSSR count). The maximum Gasteiger partial charge on any atom is 0.228 e. The number of carbonyl (C=O) groups is 2. The van der Waals surface area contributed by atoms with Gasteiger partial charge in [0.25, 0.3) is 0 Å². The van der Waals surface area contributed by atoms with Crippen LogP contribution >= 0.6 is 12.4 Å². The summed E-state index contributed by atoms with van der Waals surface area (Å²) in [6.45, 7) is 3.48. The Morgan fingerprint density at radius 3 is 2.50 bits per heavy atom. The minimum absolute atomic E-state index is 0. The number of halogens is 1. The first-order valence-electron chi connectivity index (χ1n) is 9.49. The van der Waals surface area contributed by atoms with Gasteiger partial charge in [-0.1, -0.05) is 12.8 Å². The molecular formula is C18H30ClN3O2. The minimum Gasteiger partial charge on any atom is -0.353 e. The zero-order chi connectivity index (χ0) is 15.9. The molecule has 0 radical (unpaired) electrons. The number of amides is 2. The zero-order valence-electron chi connectivity index (χ0n) is 14.4. The van der Waals surface area contributed by atoms with Crippen LogP contribution in [0.25, 0.3) is 0 Å². The Balaban J connectivity index is 0.00000169. The van der Waals surface area contributed by atoms with Crippen molar-refractivity contribution in [2.45, 2.75) is 57.4 Å². The van der Waals surface area contributed by atoms with Gasteiger partial charge in [-0.05, 0) is 51.0 Å². The van der Waals surface area contributed by atoms with Crippen LogP contribution in [0.1, 0.15) is 51.4 Å². The topological polar surface area (TPSA) is 61.4 Å². The molecule has 2 N–H and O–H groups in total. The number of likely N-dealkylation sites (tertiary alicyclic amines) is 1. The fraction of sp³-hybridized carbons (Fsp3) is 0.889. The highest BCUT2D eigenvalue weighted by Gasteiger charge is 2.50. The third-order valence-corrected chi connectivity index (χ3v) is 6.56. The van der Waals surface area contributed by atoms with Crippen LogP contribution < -0.4 is 10.6 Å². The van der Waals surface area contributed by atoms with E-state index in [9.17, 15) is 9.59 Å². The molecule has 2 aliphatic carbocycles. The van der Waals surface area contributed by atoms with Crippen LogP contribution in [0, 0.1) is 17.3 Å². The lowest BCUT2D eigenvalue weighted by molar-refractivity contribution is -0.136. The van der Waals surface area contributed by atoms with Gasteiger partial charge in [-0.25, -0.2) is 0 Å². The molecule has 0 aromatic heterocycles. The molecule has 2 atom stereocenters. The van der Waals surface area contributed by atoms with Crippen LogP contribution in [0.15, 0.2) is 0 Å². The first-order chi connectivity index (χ1) is 11.2. The molecule has 0 spiro atoms. The fourth-order valence-electron chi connectivity index (χ4n) is 4.85. The van der Waals surface area contributed by atoms with E-state index in [-0.39, 0.29) is 29.8 Å². The van der Waals surface area contributed by atoms with Crippen LogP contribution in [0.5, 0.6) is 0 Å². The van der Waals surface area contributed by atoms with Crippen LogP contribution in [-0.2, 0) is 9.59 Å². The molecular weight excluding hydrogens is 326 g/mol. The van der Waals surface area contributed by atoms with Crippen molar-refractivity contribution in [3.05, 3.63) is 0 Å². The van der Waals surface area contributed by atoms with Crippen molar-refractivity contribution < 1.29 is 9.59 Å². The van der Waals surface area contributed by atoms with Crippen molar-refractivity contribution in [2.24, 2.45) is 17.3 Å². The second-order valence-corrected chi connectivity index (χ2v) is 8.08. The third kappa shape index (κ3) is 3.30. The number of hydrogen-bond donors (Lipinski definition) is 2. The fourth-order valence-corrected chi connectivity index (χ4v) is 4.85. The predicted molar refractivity (Wildman–Crippen MR) is 95.0 cm³/mol. The van der Waals surface area contributed by atoms with E-state index in [1.165, 1.54) is 19.3 Å². The molecule has 24 heavy (non-hydrogen) atoms. The lowest BCUT2D eigenvalue weighted by Crippen LogP contribution is -2.53. The quantitative estimate of drug-likeness (QED) is 0.810. The normalized spacial score (nSPS) is 33.5. The Bertz CT molecular complexity index is 489. The summed E-state index contributed by atoms with van der Waals surface area (Å²) >= 11 is 0. The third-order valence-electron chi connectivity index (χ3n) is 6.56. The van der Waals surface area contributed by atoms with Crippen LogP contribution in [0.3, 0.4) is 0 Å². The van der Waals surface area contributed by atoms with E-state index in [4.69, 9.17) is 0 Å². The second kappa shape index (κ2) is 7.20. The molecule has 2 saturated carbocycles. The van der Waals surface area contributed by atoms with Crippen molar-refractivity contribution in [1.29, 1.82) is 0 Å². The van der Waals surface area contributed by atoms with Gasteiger partial charge < -0.3 is 15.5 Å². The Labute approximate surface area is 150 Å². The summed E-state index contributed by atoms with van der Waals surface area (Å²) in [6.07, 6.45) is 8.66. The highest BCUT2D eigenvalue weighted by atomic mass is 35.5.